The lowest BCUT2D eigenvalue weighted by molar-refractivity contribution is -0.155. The lowest BCUT2D eigenvalue weighted by Gasteiger charge is -2.36. The predicted octanol–water partition coefficient (Wildman–Crippen LogP) is 5.88. The van der Waals surface area contributed by atoms with E-state index in [2.05, 4.69) is 10.6 Å². The number of carboxylic acids is 1. The molecule has 3 amide bonds. The van der Waals surface area contributed by atoms with Crippen molar-refractivity contribution >= 4 is 81.5 Å². The highest BCUT2D eigenvalue weighted by atomic mass is 35.5. The number of carbonyl (C=O) groups is 4. The number of aryl methyl sites for hydroxylation is 1. The van der Waals surface area contributed by atoms with Crippen LogP contribution in [0.3, 0.4) is 0 Å². The number of nitrogens with one attached hydrogen (secondary N) is 2. The molecular formula is C28H21Cl4N3O5. The molecule has 0 aliphatic carbocycles. The van der Waals surface area contributed by atoms with Gasteiger partial charge in [-0.15, -0.1) is 0 Å². The Morgan fingerprint density at radius 1 is 0.975 bits per heavy atom. The molecule has 3 aromatic carbocycles. The van der Waals surface area contributed by atoms with Gasteiger partial charge in [0.1, 0.15) is 5.92 Å². The summed E-state index contributed by atoms with van der Waals surface area (Å²) in [6.07, 6.45) is 0.305. The van der Waals surface area contributed by atoms with Crippen molar-refractivity contribution < 1.29 is 24.3 Å². The fraction of sp³-hybridized carbons (Fsp3) is 0.214. The molecule has 0 saturated carbocycles. The van der Waals surface area contributed by atoms with Gasteiger partial charge in [0.05, 0.1) is 16.6 Å². The van der Waals surface area contributed by atoms with Gasteiger partial charge in [-0.1, -0.05) is 76.7 Å². The van der Waals surface area contributed by atoms with Crippen LogP contribution >= 0.6 is 46.4 Å². The average Bonchev–Trinajstić information content (AvgIpc) is 3.39. The van der Waals surface area contributed by atoms with Crippen LogP contribution in [-0.4, -0.2) is 40.2 Å². The number of fused-ring (bicyclic) bond motifs is 2. The van der Waals surface area contributed by atoms with Gasteiger partial charge in [-0.25, -0.2) is 0 Å². The summed E-state index contributed by atoms with van der Waals surface area (Å²) in [5.74, 6) is -6.45. The molecule has 1 spiro atoms. The second-order valence-corrected chi connectivity index (χ2v) is 11.3. The number of benzene rings is 3. The molecule has 3 atom stereocenters. The average molecular weight is 621 g/mol. The number of anilines is 2. The normalized spacial score (nSPS) is 21.3. The zero-order chi connectivity index (χ0) is 28.8. The van der Waals surface area contributed by atoms with Gasteiger partial charge >= 0.3 is 5.97 Å². The first kappa shape index (κ1) is 28.2. The van der Waals surface area contributed by atoms with Crippen molar-refractivity contribution in [1.82, 2.24) is 4.90 Å². The van der Waals surface area contributed by atoms with Crippen LogP contribution in [0.4, 0.5) is 11.4 Å². The van der Waals surface area contributed by atoms with Crippen LogP contribution in [0, 0.1) is 11.8 Å². The van der Waals surface area contributed by atoms with E-state index in [1.165, 1.54) is 35.2 Å². The summed E-state index contributed by atoms with van der Waals surface area (Å²) < 4.78 is 0. The maximum Gasteiger partial charge on any atom is 0.310 e. The van der Waals surface area contributed by atoms with Crippen LogP contribution in [0.1, 0.15) is 17.5 Å². The Kier molecular flexibility index (Phi) is 7.72. The molecule has 0 radical (unpaired) electrons. The molecule has 5 rings (SSSR count). The predicted molar refractivity (Wildman–Crippen MR) is 153 cm³/mol. The summed E-state index contributed by atoms with van der Waals surface area (Å²) in [6, 6.07) is 16.4. The molecule has 8 nitrogen and oxygen atoms in total. The van der Waals surface area contributed by atoms with Gasteiger partial charge in [0.15, 0.2) is 5.54 Å². The number of halogens is 4. The van der Waals surface area contributed by atoms with Gasteiger partial charge in [0.2, 0.25) is 11.8 Å². The van der Waals surface area contributed by atoms with Crippen LogP contribution in [0.2, 0.25) is 20.1 Å². The molecule has 206 valence electrons. The van der Waals surface area contributed by atoms with Crippen molar-refractivity contribution in [2.45, 2.75) is 18.4 Å². The monoisotopic (exact) mass is 619 g/mol. The number of rotatable bonds is 6. The molecule has 2 aliphatic heterocycles. The summed E-state index contributed by atoms with van der Waals surface area (Å²) in [4.78, 5) is 55.3. The first-order valence-electron chi connectivity index (χ1n) is 12.2. The number of aliphatic carboxylic acids is 1. The summed E-state index contributed by atoms with van der Waals surface area (Å²) in [7, 11) is 0. The lowest BCUT2D eigenvalue weighted by atomic mass is 9.75. The molecular weight excluding hydrogens is 600 g/mol. The first-order chi connectivity index (χ1) is 19.0. The number of hydrogen-bond acceptors (Lipinski definition) is 4. The molecule has 0 bridgehead atoms. The summed E-state index contributed by atoms with van der Waals surface area (Å²) >= 11 is 24.8. The first-order valence-corrected chi connectivity index (χ1v) is 13.7. The highest BCUT2D eigenvalue weighted by Crippen LogP contribution is 2.55. The van der Waals surface area contributed by atoms with E-state index in [4.69, 9.17) is 46.4 Å². The van der Waals surface area contributed by atoms with Crippen LogP contribution in [0.15, 0.2) is 60.7 Å². The number of carbonyl (C=O) groups excluding carboxylic acids is 3. The maximum atomic E-state index is 13.8. The van der Waals surface area contributed by atoms with E-state index in [9.17, 15) is 24.3 Å². The minimum Gasteiger partial charge on any atom is -0.481 e. The molecule has 1 fully saturated rings. The zero-order valence-electron chi connectivity index (χ0n) is 20.6. The van der Waals surface area contributed by atoms with E-state index in [1.54, 1.807) is 0 Å². The highest BCUT2D eigenvalue weighted by molar-refractivity contribution is 6.38. The van der Waals surface area contributed by atoms with Gasteiger partial charge in [0, 0.05) is 39.3 Å². The number of carboxylic acid groups (broad SMARTS) is 1. The third-order valence-corrected chi connectivity index (χ3v) is 8.16. The van der Waals surface area contributed by atoms with Gasteiger partial charge < -0.3 is 20.6 Å². The molecule has 2 aliphatic rings. The summed E-state index contributed by atoms with van der Waals surface area (Å²) in [5.41, 5.74) is -0.690. The van der Waals surface area contributed by atoms with Crippen molar-refractivity contribution in [3.63, 3.8) is 0 Å². The van der Waals surface area contributed by atoms with Crippen LogP contribution in [0.25, 0.3) is 0 Å². The number of nitrogens with zero attached hydrogens (tertiary/aromatic N) is 1. The SMILES string of the molecule is O=C(Nc1cc(Cl)cc(Cl)c1)C1CN(C(=O)CCc2ccccc2)[C@@]2(C(=O)Nc3c(Cl)cc(Cl)cc32)C1C(=O)O. The second-order valence-electron chi connectivity index (χ2n) is 9.59. The molecule has 2 heterocycles. The molecule has 3 N–H and O–H groups in total. The van der Waals surface area contributed by atoms with Crippen molar-refractivity contribution in [3.05, 3.63) is 91.9 Å². The Hall–Kier alpha value is -3.30. The minimum absolute atomic E-state index is 0.0345. The molecule has 12 heteroatoms. The Morgan fingerprint density at radius 2 is 1.62 bits per heavy atom. The molecule has 0 aromatic heterocycles. The number of amides is 3. The second kappa shape index (κ2) is 10.9. The quantitative estimate of drug-likeness (QED) is 0.318. The van der Waals surface area contributed by atoms with Gasteiger partial charge in [-0.05, 0) is 42.3 Å². The van der Waals surface area contributed by atoms with E-state index in [1.807, 2.05) is 30.3 Å². The van der Waals surface area contributed by atoms with Crippen molar-refractivity contribution in [2.24, 2.45) is 11.8 Å². The molecule has 40 heavy (non-hydrogen) atoms. The Labute approximate surface area is 249 Å². The van der Waals surface area contributed by atoms with E-state index < -0.39 is 41.1 Å². The van der Waals surface area contributed by atoms with E-state index in [0.29, 0.717) is 6.42 Å². The van der Waals surface area contributed by atoms with Crippen molar-refractivity contribution in [3.8, 4) is 0 Å². The zero-order valence-corrected chi connectivity index (χ0v) is 23.6. The van der Waals surface area contributed by atoms with E-state index in [-0.39, 0.29) is 50.0 Å². The Balaban J connectivity index is 1.60. The maximum absolute atomic E-state index is 13.8. The lowest BCUT2D eigenvalue weighted by Crippen LogP contribution is -2.55. The smallest absolute Gasteiger partial charge is 0.310 e. The fourth-order valence-corrected chi connectivity index (χ4v) is 6.66. The summed E-state index contributed by atoms with van der Waals surface area (Å²) in [5, 5.41) is 16.5. The topological polar surface area (TPSA) is 116 Å². The molecule has 3 aromatic rings. The Morgan fingerprint density at radius 3 is 2.27 bits per heavy atom. The molecule has 1 saturated heterocycles. The fourth-order valence-electron chi connectivity index (χ4n) is 5.59. The highest BCUT2D eigenvalue weighted by Gasteiger charge is 2.68. The number of hydrogen-bond donors (Lipinski definition) is 3. The third kappa shape index (κ3) is 4.90. The minimum atomic E-state index is -2.07. The van der Waals surface area contributed by atoms with Gasteiger partial charge in [-0.2, -0.15) is 0 Å². The van der Waals surface area contributed by atoms with Gasteiger partial charge in [-0.3, -0.25) is 19.2 Å². The van der Waals surface area contributed by atoms with Crippen LogP contribution in [-0.2, 0) is 31.1 Å². The van der Waals surface area contributed by atoms with Crippen LogP contribution < -0.4 is 10.6 Å². The van der Waals surface area contributed by atoms with Gasteiger partial charge in [0.25, 0.3) is 5.91 Å². The standard InChI is InChI=1S/C28H21Cl4N3O5/c29-15-8-16(30)10-18(9-15)33-25(37)19-13-35(22(36)7-6-14-4-2-1-3-5-14)28(23(19)26(38)39)20-11-17(31)12-21(32)24(20)34-27(28)40/h1-5,8-12,19,23H,6-7,13H2,(H,33,37)(H,34,40)(H,38,39)/t19?,23?,28-/m1/s1. The van der Waals surface area contributed by atoms with Crippen molar-refractivity contribution in [1.29, 1.82) is 0 Å². The van der Waals surface area contributed by atoms with E-state index in [0.717, 1.165) is 5.56 Å². The van der Waals surface area contributed by atoms with E-state index >= 15 is 0 Å². The third-order valence-electron chi connectivity index (χ3n) is 7.21. The Bertz CT molecular complexity index is 1530. The summed E-state index contributed by atoms with van der Waals surface area (Å²) in [6.45, 7) is -0.346. The van der Waals surface area contributed by atoms with Crippen molar-refractivity contribution in [2.75, 3.05) is 17.2 Å². The number of likely N-dealkylation sites (tertiary alicyclic amines) is 1. The van der Waals surface area contributed by atoms with Crippen LogP contribution in [0.5, 0.6) is 0 Å². The molecule has 2 unspecified atom stereocenters. The largest absolute Gasteiger partial charge is 0.481 e.